The van der Waals surface area contributed by atoms with Gasteiger partial charge in [0.25, 0.3) is 5.91 Å². The van der Waals surface area contributed by atoms with Gasteiger partial charge in [-0.3, -0.25) is 4.79 Å². The van der Waals surface area contributed by atoms with Gasteiger partial charge in [-0.05, 0) is 42.5 Å². The van der Waals surface area contributed by atoms with Crippen LogP contribution in [-0.4, -0.2) is 36.5 Å². The van der Waals surface area contributed by atoms with Gasteiger partial charge in [0, 0.05) is 13.1 Å². The Morgan fingerprint density at radius 3 is 2.33 bits per heavy atom. The lowest BCUT2D eigenvalue weighted by molar-refractivity contribution is -0.137. The van der Waals surface area contributed by atoms with Gasteiger partial charge < -0.3 is 9.64 Å². The molecule has 1 fully saturated rings. The monoisotopic (exact) mass is 293 g/mol. The zero-order valence-corrected chi connectivity index (χ0v) is 12.3. The summed E-state index contributed by atoms with van der Waals surface area (Å²) in [6.45, 7) is 5.37. The van der Waals surface area contributed by atoms with Crippen LogP contribution >= 0.6 is 0 Å². The fraction of sp³-hybridized carbons (Fsp3) is 0.500. The van der Waals surface area contributed by atoms with Gasteiger partial charge in [0.2, 0.25) is 0 Å². The Morgan fingerprint density at radius 2 is 1.76 bits per heavy atom. The maximum Gasteiger partial charge on any atom is 0.338 e. The standard InChI is InChI=1S/C16H20FNO3/c1-11-7-12(2)9-18(8-11)15(19)10-21-16(20)13-3-5-14(17)6-4-13/h3-6,11-12H,7-10H2,1-2H3. The van der Waals surface area contributed by atoms with Crippen molar-refractivity contribution in [2.45, 2.75) is 20.3 Å². The third kappa shape index (κ3) is 4.28. The van der Waals surface area contributed by atoms with E-state index in [1.807, 2.05) is 0 Å². The molecule has 4 nitrogen and oxygen atoms in total. The third-order valence-corrected chi connectivity index (χ3v) is 3.63. The summed E-state index contributed by atoms with van der Waals surface area (Å²) in [5.41, 5.74) is 0.240. The molecule has 1 aromatic carbocycles. The van der Waals surface area contributed by atoms with E-state index in [1.54, 1.807) is 4.90 Å². The van der Waals surface area contributed by atoms with Crippen LogP contribution in [0.4, 0.5) is 4.39 Å². The number of ether oxygens (including phenoxy) is 1. The van der Waals surface area contributed by atoms with Gasteiger partial charge in [-0.1, -0.05) is 13.8 Å². The summed E-state index contributed by atoms with van der Waals surface area (Å²) in [5.74, 6) is -0.278. The lowest BCUT2D eigenvalue weighted by Gasteiger charge is -2.34. The number of piperidine rings is 1. The molecule has 0 bridgehead atoms. The summed E-state index contributed by atoms with van der Waals surface area (Å²) >= 11 is 0. The molecule has 114 valence electrons. The maximum absolute atomic E-state index is 12.8. The van der Waals surface area contributed by atoms with Gasteiger partial charge >= 0.3 is 5.97 Å². The molecule has 2 rings (SSSR count). The predicted molar refractivity (Wildman–Crippen MR) is 76.2 cm³/mol. The van der Waals surface area contributed by atoms with Gasteiger partial charge in [0.15, 0.2) is 6.61 Å². The molecule has 1 aliphatic rings. The lowest BCUT2D eigenvalue weighted by atomic mass is 9.92. The van der Waals surface area contributed by atoms with E-state index in [4.69, 9.17) is 4.74 Å². The van der Waals surface area contributed by atoms with Gasteiger partial charge in [-0.25, -0.2) is 9.18 Å². The van der Waals surface area contributed by atoms with Crippen LogP contribution in [0.25, 0.3) is 0 Å². The molecule has 2 unspecified atom stereocenters. The highest BCUT2D eigenvalue weighted by Crippen LogP contribution is 2.20. The smallest absolute Gasteiger partial charge is 0.338 e. The van der Waals surface area contributed by atoms with E-state index in [9.17, 15) is 14.0 Å². The van der Waals surface area contributed by atoms with Gasteiger partial charge in [-0.2, -0.15) is 0 Å². The van der Waals surface area contributed by atoms with Crippen LogP contribution in [-0.2, 0) is 9.53 Å². The van der Waals surface area contributed by atoms with Crippen LogP contribution in [0.3, 0.4) is 0 Å². The summed E-state index contributed by atoms with van der Waals surface area (Å²) in [6, 6.07) is 5.05. The average Bonchev–Trinajstić information content (AvgIpc) is 2.44. The van der Waals surface area contributed by atoms with Crippen molar-refractivity contribution in [3.05, 3.63) is 35.6 Å². The summed E-state index contributed by atoms with van der Waals surface area (Å²) < 4.78 is 17.8. The highest BCUT2D eigenvalue weighted by Gasteiger charge is 2.26. The van der Waals surface area contributed by atoms with Crippen LogP contribution < -0.4 is 0 Å². The Hall–Kier alpha value is -1.91. The van der Waals surface area contributed by atoms with Crippen molar-refractivity contribution >= 4 is 11.9 Å². The van der Waals surface area contributed by atoms with E-state index < -0.39 is 11.8 Å². The Balaban J connectivity index is 1.86. The molecule has 0 radical (unpaired) electrons. The summed E-state index contributed by atoms with van der Waals surface area (Å²) in [6.07, 6.45) is 1.11. The Labute approximate surface area is 123 Å². The van der Waals surface area contributed by atoms with Crippen LogP contribution in [0.15, 0.2) is 24.3 Å². The molecule has 0 saturated carbocycles. The number of esters is 1. The van der Waals surface area contributed by atoms with Crippen LogP contribution in [0.2, 0.25) is 0 Å². The first-order chi connectivity index (χ1) is 9.95. The molecular formula is C16H20FNO3. The van der Waals surface area contributed by atoms with Gasteiger partial charge in [0.1, 0.15) is 5.82 Å². The molecule has 0 aromatic heterocycles. The van der Waals surface area contributed by atoms with Crippen molar-refractivity contribution in [2.24, 2.45) is 11.8 Å². The summed E-state index contributed by atoms with van der Waals surface area (Å²) in [7, 11) is 0. The topological polar surface area (TPSA) is 46.6 Å². The number of hydrogen-bond donors (Lipinski definition) is 0. The minimum atomic E-state index is -0.610. The highest BCUT2D eigenvalue weighted by atomic mass is 19.1. The molecular weight excluding hydrogens is 273 g/mol. The molecule has 21 heavy (non-hydrogen) atoms. The first-order valence-electron chi connectivity index (χ1n) is 7.16. The van der Waals surface area contributed by atoms with E-state index in [0.717, 1.165) is 6.42 Å². The molecule has 0 N–H and O–H groups in total. The molecule has 0 aliphatic carbocycles. The zero-order valence-electron chi connectivity index (χ0n) is 12.3. The maximum atomic E-state index is 12.8. The SMILES string of the molecule is CC1CC(C)CN(C(=O)COC(=O)c2ccc(F)cc2)C1. The number of carbonyl (C=O) groups is 2. The van der Waals surface area contributed by atoms with Gasteiger partial charge in [-0.15, -0.1) is 0 Å². The van der Waals surface area contributed by atoms with Crippen LogP contribution in [0, 0.1) is 17.7 Å². The van der Waals surface area contributed by atoms with Crippen molar-refractivity contribution < 1.29 is 18.7 Å². The number of benzene rings is 1. The number of nitrogens with zero attached hydrogens (tertiary/aromatic N) is 1. The molecule has 1 aromatic rings. The van der Waals surface area contributed by atoms with Crippen LogP contribution in [0.1, 0.15) is 30.6 Å². The molecule has 1 aliphatic heterocycles. The number of halogens is 1. The molecule has 5 heteroatoms. The van der Waals surface area contributed by atoms with Crippen molar-refractivity contribution in [3.8, 4) is 0 Å². The summed E-state index contributed by atoms with van der Waals surface area (Å²) in [4.78, 5) is 25.6. The quantitative estimate of drug-likeness (QED) is 0.804. The predicted octanol–water partition coefficient (Wildman–Crippen LogP) is 2.49. The Bertz CT molecular complexity index is 505. The second-order valence-electron chi connectivity index (χ2n) is 5.83. The number of hydrogen-bond acceptors (Lipinski definition) is 3. The highest BCUT2D eigenvalue weighted by molar-refractivity contribution is 5.91. The number of amides is 1. The summed E-state index contributed by atoms with van der Waals surface area (Å²) in [5, 5.41) is 0. The van der Waals surface area contributed by atoms with Crippen molar-refractivity contribution in [3.63, 3.8) is 0 Å². The number of likely N-dealkylation sites (tertiary alicyclic amines) is 1. The van der Waals surface area contributed by atoms with E-state index in [1.165, 1.54) is 24.3 Å². The Kier molecular flexibility index (Phi) is 4.94. The van der Waals surface area contributed by atoms with Crippen molar-refractivity contribution in [1.29, 1.82) is 0 Å². The van der Waals surface area contributed by atoms with Crippen molar-refractivity contribution in [2.75, 3.05) is 19.7 Å². The Morgan fingerprint density at radius 1 is 1.19 bits per heavy atom. The van der Waals surface area contributed by atoms with Crippen molar-refractivity contribution in [1.82, 2.24) is 4.90 Å². The second kappa shape index (κ2) is 6.70. The molecule has 2 atom stereocenters. The van der Waals surface area contributed by atoms with E-state index >= 15 is 0 Å². The molecule has 1 saturated heterocycles. The fourth-order valence-electron chi connectivity index (χ4n) is 2.75. The normalized spacial score (nSPS) is 22.0. The average molecular weight is 293 g/mol. The molecule has 1 heterocycles. The van der Waals surface area contributed by atoms with E-state index in [2.05, 4.69) is 13.8 Å². The zero-order chi connectivity index (χ0) is 15.4. The third-order valence-electron chi connectivity index (χ3n) is 3.63. The van der Waals surface area contributed by atoms with E-state index in [-0.39, 0.29) is 18.1 Å². The largest absolute Gasteiger partial charge is 0.452 e. The molecule has 0 spiro atoms. The minimum Gasteiger partial charge on any atom is -0.452 e. The first-order valence-corrected chi connectivity index (χ1v) is 7.16. The van der Waals surface area contributed by atoms with Gasteiger partial charge in [0.05, 0.1) is 5.56 Å². The number of rotatable bonds is 3. The second-order valence-corrected chi connectivity index (χ2v) is 5.83. The van der Waals surface area contributed by atoms with Crippen LogP contribution in [0.5, 0.6) is 0 Å². The minimum absolute atomic E-state index is 0.177. The molecule has 1 amide bonds. The van der Waals surface area contributed by atoms with E-state index in [0.29, 0.717) is 24.9 Å². The lowest BCUT2D eigenvalue weighted by Crippen LogP contribution is -2.44. The first kappa shape index (κ1) is 15.5. The number of carbonyl (C=O) groups excluding carboxylic acids is 2. The fourth-order valence-corrected chi connectivity index (χ4v) is 2.75.